The van der Waals surface area contributed by atoms with E-state index in [0.717, 1.165) is 30.5 Å². The zero-order chi connectivity index (χ0) is 11.0. The molecule has 0 radical (unpaired) electrons. The van der Waals surface area contributed by atoms with Crippen LogP contribution < -0.4 is 0 Å². The van der Waals surface area contributed by atoms with Gasteiger partial charge in [-0.25, -0.2) is 0 Å². The van der Waals surface area contributed by atoms with Gasteiger partial charge in [-0.2, -0.15) is 0 Å². The Labute approximate surface area is 94.7 Å². The van der Waals surface area contributed by atoms with Crippen molar-refractivity contribution in [3.05, 3.63) is 35.9 Å². The maximum Gasteiger partial charge on any atom is 0.0926 e. The zero-order valence-corrected chi connectivity index (χ0v) is 9.04. The number of epoxide rings is 1. The van der Waals surface area contributed by atoms with Crippen LogP contribution in [0.15, 0.2) is 35.5 Å². The van der Waals surface area contributed by atoms with Crippen LogP contribution in [-0.4, -0.2) is 23.1 Å². The van der Waals surface area contributed by atoms with Gasteiger partial charge in [0.15, 0.2) is 0 Å². The summed E-state index contributed by atoms with van der Waals surface area (Å²) in [6, 6.07) is 9.88. The van der Waals surface area contributed by atoms with Gasteiger partial charge in [-0.05, 0) is 24.8 Å². The molecule has 1 aliphatic carbocycles. The minimum Gasteiger partial charge on any atom is -0.411 e. The first-order valence-electron chi connectivity index (χ1n) is 5.83. The molecule has 1 aliphatic heterocycles. The lowest BCUT2D eigenvalue weighted by Gasteiger charge is -2.19. The Kier molecular flexibility index (Phi) is 2.40. The second kappa shape index (κ2) is 3.91. The summed E-state index contributed by atoms with van der Waals surface area (Å²) in [6.07, 6.45) is 4.10. The van der Waals surface area contributed by atoms with Gasteiger partial charge in [-0.1, -0.05) is 35.5 Å². The first-order valence-corrected chi connectivity index (χ1v) is 5.83. The van der Waals surface area contributed by atoms with Crippen LogP contribution in [0.4, 0.5) is 0 Å². The summed E-state index contributed by atoms with van der Waals surface area (Å²) in [5.74, 6) is 0.270. The largest absolute Gasteiger partial charge is 0.411 e. The highest BCUT2D eigenvalue weighted by Gasteiger charge is 2.49. The number of benzene rings is 1. The summed E-state index contributed by atoms with van der Waals surface area (Å²) in [5.41, 5.74) is 1.79. The molecule has 0 bridgehead atoms. The van der Waals surface area contributed by atoms with Crippen molar-refractivity contribution in [1.29, 1.82) is 0 Å². The van der Waals surface area contributed by atoms with E-state index in [2.05, 4.69) is 5.16 Å². The predicted molar refractivity (Wildman–Crippen MR) is 60.8 cm³/mol. The Morgan fingerprint density at radius 3 is 2.81 bits per heavy atom. The van der Waals surface area contributed by atoms with Gasteiger partial charge < -0.3 is 9.94 Å². The van der Waals surface area contributed by atoms with Crippen LogP contribution in [0.1, 0.15) is 24.8 Å². The first kappa shape index (κ1) is 9.85. The van der Waals surface area contributed by atoms with Crippen molar-refractivity contribution in [3.8, 4) is 0 Å². The molecular formula is C13H15NO2. The van der Waals surface area contributed by atoms with Gasteiger partial charge in [0.2, 0.25) is 0 Å². The fraction of sp³-hybridized carbons (Fsp3) is 0.462. The molecule has 1 heterocycles. The molecule has 84 valence electrons. The summed E-state index contributed by atoms with van der Waals surface area (Å²) < 4.78 is 5.60. The van der Waals surface area contributed by atoms with Crippen molar-refractivity contribution >= 4 is 5.71 Å². The predicted octanol–water partition coefficient (Wildman–Crippen LogP) is 2.43. The monoisotopic (exact) mass is 217 g/mol. The number of hydrogen-bond acceptors (Lipinski definition) is 3. The summed E-state index contributed by atoms with van der Waals surface area (Å²) in [7, 11) is 0. The van der Waals surface area contributed by atoms with Crippen molar-refractivity contribution in [2.75, 3.05) is 0 Å². The van der Waals surface area contributed by atoms with Gasteiger partial charge in [0.1, 0.15) is 0 Å². The first-order chi connectivity index (χ1) is 7.90. The molecule has 3 heteroatoms. The Morgan fingerprint density at radius 1 is 1.25 bits per heavy atom. The number of ether oxygens (including phenoxy) is 1. The molecule has 1 N–H and O–H groups in total. The van der Waals surface area contributed by atoms with E-state index in [9.17, 15) is 5.21 Å². The van der Waals surface area contributed by atoms with Gasteiger partial charge in [0, 0.05) is 5.92 Å². The minimum atomic E-state index is 0.270. The molecule has 3 nitrogen and oxygen atoms in total. The topological polar surface area (TPSA) is 45.1 Å². The van der Waals surface area contributed by atoms with Crippen molar-refractivity contribution in [3.63, 3.8) is 0 Å². The Morgan fingerprint density at radius 2 is 2.06 bits per heavy atom. The highest BCUT2D eigenvalue weighted by Crippen LogP contribution is 2.42. The van der Waals surface area contributed by atoms with Crippen LogP contribution in [0.3, 0.4) is 0 Å². The third-order valence-corrected chi connectivity index (χ3v) is 3.55. The van der Waals surface area contributed by atoms with Crippen LogP contribution >= 0.6 is 0 Å². The lowest BCUT2D eigenvalue weighted by atomic mass is 9.83. The van der Waals surface area contributed by atoms with E-state index in [4.69, 9.17) is 4.74 Å². The fourth-order valence-corrected chi connectivity index (χ4v) is 2.69. The lowest BCUT2D eigenvalue weighted by Crippen LogP contribution is -2.26. The van der Waals surface area contributed by atoms with E-state index in [0.29, 0.717) is 12.2 Å². The summed E-state index contributed by atoms with van der Waals surface area (Å²) in [6.45, 7) is 0. The Balaban J connectivity index is 1.86. The molecule has 0 amide bonds. The molecule has 1 aromatic rings. The number of nitrogens with zero attached hydrogens (tertiary/aromatic N) is 1. The van der Waals surface area contributed by atoms with Crippen molar-refractivity contribution in [2.45, 2.75) is 31.5 Å². The maximum atomic E-state index is 9.20. The molecule has 1 aromatic carbocycles. The van der Waals surface area contributed by atoms with Gasteiger partial charge in [-0.3, -0.25) is 0 Å². The third-order valence-electron chi connectivity index (χ3n) is 3.55. The summed E-state index contributed by atoms with van der Waals surface area (Å²) in [4.78, 5) is 0. The molecule has 2 fully saturated rings. The van der Waals surface area contributed by atoms with Gasteiger partial charge in [0.05, 0.1) is 17.9 Å². The van der Waals surface area contributed by atoms with E-state index in [1.54, 1.807) is 0 Å². The standard InChI is InChI=1S/C13H15NO2/c15-14-12(9-5-2-1-3-6-9)10-7-4-8-11-13(10)16-11/h1-3,5-6,10-11,13,15H,4,7-8H2/b14-12+/t10-,11-,13+/m0/s1. The Hall–Kier alpha value is -1.35. The minimum absolute atomic E-state index is 0.270. The normalized spacial score (nSPS) is 33.2. The van der Waals surface area contributed by atoms with E-state index in [1.807, 2.05) is 30.3 Å². The Bertz CT molecular complexity index is 402. The van der Waals surface area contributed by atoms with Crippen molar-refractivity contribution in [1.82, 2.24) is 0 Å². The average molecular weight is 217 g/mol. The van der Waals surface area contributed by atoms with Crippen LogP contribution in [0.5, 0.6) is 0 Å². The summed E-state index contributed by atoms with van der Waals surface area (Å²) >= 11 is 0. The molecule has 1 saturated heterocycles. The maximum absolute atomic E-state index is 9.20. The molecule has 0 unspecified atom stereocenters. The van der Waals surface area contributed by atoms with Crippen molar-refractivity contribution < 1.29 is 9.94 Å². The molecule has 0 spiro atoms. The second-order valence-electron chi connectivity index (χ2n) is 4.53. The van der Waals surface area contributed by atoms with Crippen LogP contribution in [-0.2, 0) is 4.74 Å². The molecule has 0 aromatic heterocycles. The van der Waals surface area contributed by atoms with E-state index in [1.165, 1.54) is 0 Å². The highest BCUT2D eigenvalue weighted by molar-refractivity contribution is 6.02. The number of oxime groups is 1. The molecular weight excluding hydrogens is 202 g/mol. The van der Waals surface area contributed by atoms with Gasteiger partial charge in [0.25, 0.3) is 0 Å². The summed E-state index contributed by atoms with van der Waals surface area (Å²) in [5, 5.41) is 12.7. The number of hydrogen-bond donors (Lipinski definition) is 1. The molecule has 16 heavy (non-hydrogen) atoms. The molecule has 1 saturated carbocycles. The average Bonchev–Trinajstić information content (AvgIpc) is 3.11. The lowest BCUT2D eigenvalue weighted by molar-refractivity contribution is 0.307. The molecule has 2 aliphatic rings. The van der Waals surface area contributed by atoms with E-state index < -0.39 is 0 Å². The van der Waals surface area contributed by atoms with Gasteiger partial charge in [-0.15, -0.1) is 0 Å². The van der Waals surface area contributed by atoms with E-state index >= 15 is 0 Å². The smallest absolute Gasteiger partial charge is 0.0926 e. The van der Waals surface area contributed by atoms with E-state index in [-0.39, 0.29) is 5.92 Å². The van der Waals surface area contributed by atoms with Crippen LogP contribution in [0.2, 0.25) is 0 Å². The number of rotatable bonds is 2. The second-order valence-corrected chi connectivity index (χ2v) is 4.53. The van der Waals surface area contributed by atoms with Gasteiger partial charge >= 0.3 is 0 Å². The zero-order valence-electron chi connectivity index (χ0n) is 9.04. The van der Waals surface area contributed by atoms with Crippen LogP contribution in [0, 0.1) is 5.92 Å². The number of fused-ring (bicyclic) bond motifs is 1. The molecule has 3 atom stereocenters. The fourth-order valence-electron chi connectivity index (χ4n) is 2.69. The molecule has 3 rings (SSSR count). The third kappa shape index (κ3) is 1.61. The highest BCUT2D eigenvalue weighted by atomic mass is 16.6. The van der Waals surface area contributed by atoms with Crippen LogP contribution in [0.25, 0.3) is 0 Å². The van der Waals surface area contributed by atoms with Crippen molar-refractivity contribution in [2.24, 2.45) is 11.1 Å². The quantitative estimate of drug-likeness (QED) is 0.358. The SMILES string of the molecule is O/N=C(\c1ccccc1)[C@@H]1CCC[C@@H]2O[C@@H]21.